The van der Waals surface area contributed by atoms with Gasteiger partial charge in [0.05, 0.1) is 4.88 Å². The summed E-state index contributed by atoms with van der Waals surface area (Å²) in [7, 11) is 0. The van der Waals surface area contributed by atoms with E-state index in [1.54, 1.807) is 12.1 Å². The van der Waals surface area contributed by atoms with Gasteiger partial charge in [0.15, 0.2) is 0 Å². The second-order valence-electron chi connectivity index (χ2n) is 5.02. The number of hydrogen-bond acceptors (Lipinski definition) is 4. The van der Waals surface area contributed by atoms with Gasteiger partial charge >= 0.3 is 6.36 Å². The number of amides is 1. The minimum Gasteiger partial charge on any atom is -0.507 e. The van der Waals surface area contributed by atoms with Crippen LogP contribution in [0.15, 0.2) is 30.3 Å². The van der Waals surface area contributed by atoms with Gasteiger partial charge in [0.2, 0.25) is 0 Å². The number of nitrogens with one attached hydrogen (secondary N) is 1. The second kappa shape index (κ2) is 6.49. The van der Waals surface area contributed by atoms with Crippen molar-refractivity contribution in [1.82, 2.24) is 5.32 Å². The van der Waals surface area contributed by atoms with Gasteiger partial charge < -0.3 is 15.2 Å². The van der Waals surface area contributed by atoms with Crippen molar-refractivity contribution in [2.75, 3.05) is 0 Å². The molecule has 1 amide bonds. The highest BCUT2D eigenvalue weighted by Gasteiger charge is 2.31. The van der Waals surface area contributed by atoms with Crippen molar-refractivity contribution in [3.05, 3.63) is 35.2 Å². The molecule has 1 aromatic heterocycles. The van der Waals surface area contributed by atoms with Crippen molar-refractivity contribution in [3.63, 3.8) is 0 Å². The van der Waals surface area contributed by atoms with Crippen LogP contribution >= 0.6 is 11.3 Å². The van der Waals surface area contributed by atoms with E-state index < -0.39 is 12.1 Å². The number of carbonyl (C=O) groups is 1. The molecule has 8 heteroatoms. The van der Waals surface area contributed by atoms with E-state index in [-0.39, 0.29) is 23.3 Å². The fraction of sp³-hybridized carbons (Fsp3) is 0.267. The van der Waals surface area contributed by atoms with Crippen molar-refractivity contribution in [2.45, 2.75) is 26.3 Å². The number of ether oxygens (including phenoxy) is 1. The normalized spacial score (nSPS) is 11.6. The summed E-state index contributed by atoms with van der Waals surface area (Å²) < 4.78 is 40.7. The van der Waals surface area contributed by atoms with E-state index >= 15 is 0 Å². The van der Waals surface area contributed by atoms with Crippen molar-refractivity contribution in [2.24, 2.45) is 0 Å². The molecule has 2 aromatic rings. The van der Waals surface area contributed by atoms with Crippen LogP contribution in [-0.2, 0) is 0 Å². The zero-order valence-electron chi connectivity index (χ0n) is 12.3. The molecule has 0 spiro atoms. The molecule has 4 nitrogen and oxygen atoms in total. The van der Waals surface area contributed by atoms with Gasteiger partial charge in [-0.3, -0.25) is 4.79 Å². The lowest BCUT2D eigenvalue weighted by atomic mass is 10.1. The van der Waals surface area contributed by atoms with Crippen molar-refractivity contribution in [1.29, 1.82) is 0 Å². The maximum Gasteiger partial charge on any atom is 0.573 e. The molecule has 0 saturated carbocycles. The number of rotatable bonds is 4. The quantitative estimate of drug-likeness (QED) is 0.875. The first-order valence-corrected chi connectivity index (χ1v) is 7.47. The van der Waals surface area contributed by atoms with Crippen molar-refractivity contribution >= 4 is 17.2 Å². The highest BCUT2D eigenvalue weighted by molar-refractivity contribution is 7.17. The number of thiophene rings is 1. The third kappa shape index (κ3) is 4.62. The number of phenols is 1. The van der Waals surface area contributed by atoms with E-state index in [0.29, 0.717) is 9.75 Å². The largest absolute Gasteiger partial charge is 0.573 e. The van der Waals surface area contributed by atoms with Gasteiger partial charge in [-0.25, -0.2) is 0 Å². The van der Waals surface area contributed by atoms with Crippen molar-refractivity contribution < 1.29 is 27.8 Å². The minimum absolute atomic E-state index is 0.0371. The fourth-order valence-electron chi connectivity index (χ4n) is 1.85. The molecule has 124 valence electrons. The standard InChI is InChI=1S/C15H14F3NO3S/c1-8(2)19-14(21)13-6-5-12(23-13)10-7-9(3-4-11(10)20)22-15(16,17)18/h3-8,20H,1-2H3,(H,19,21). The molecule has 0 bridgehead atoms. The Morgan fingerprint density at radius 3 is 2.57 bits per heavy atom. The van der Waals surface area contributed by atoms with Gasteiger partial charge in [-0.05, 0) is 44.2 Å². The molecule has 0 unspecified atom stereocenters. The maximum absolute atomic E-state index is 12.3. The van der Waals surface area contributed by atoms with Crippen LogP contribution in [0.4, 0.5) is 13.2 Å². The lowest BCUT2D eigenvalue weighted by Gasteiger charge is -2.10. The number of halogens is 3. The van der Waals surface area contributed by atoms with E-state index in [1.165, 1.54) is 0 Å². The minimum atomic E-state index is -4.81. The molecule has 0 radical (unpaired) electrons. The fourth-order valence-corrected chi connectivity index (χ4v) is 2.78. The molecular formula is C15H14F3NO3S. The average Bonchev–Trinajstić information content (AvgIpc) is 2.88. The molecule has 0 aliphatic carbocycles. The Morgan fingerprint density at radius 1 is 1.26 bits per heavy atom. The third-order valence-corrected chi connectivity index (χ3v) is 3.83. The number of aromatic hydroxyl groups is 1. The Balaban J connectivity index is 2.30. The van der Waals surface area contributed by atoms with Crippen LogP contribution in [-0.4, -0.2) is 23.4 Å². The molecule has 2 N–H and O–H groups in total. The molecule has 0 aliphatic heterocycles. The lowest BCUT2D eigenvalue weighted by molar-refractivity contribution is -0.274. The average molecular weight is 345 g/mol. The van der Waals surface area contributed by atoms with Gasteiger partial charge in [-0.15, -0.1) is 24.5 Å². The summed E-state index contributed by atoms with van der Waals surface area (Å²) in [4.78, 5) is 12.8. The van der Waals surface area contributed by atoms with E-state index in [9.17, 15) is 23.1 Å². The maximum atomic E-state index is 12.3. The molecule has 0 atom stereocenters. The summed E-state index contributed by atoms with van der Waals surface area (Å²) in [6, 6.07) is 6.29. The molecule has 1 heterocycles. The van der Waals surface area contributed by atoms with Crippen LogP contribution in [0.5, 0.6) is 11.5 Å². The zero-order valence-corrected chi connectivity index (χ0v) is 13.1. The summed E-state index contributed by atoms with van der Waals surface area (Å²) in [5.74, 6) is -0.914. The molecular weight excluding hydrogens is 331 g/mol. The Morgan fingerprint density at radius 2 is 1.96 bits per heavy atom. The molecule has 23 heavy (non-hydrogen) atoms. The van der Waals surface area contributed by atoms with E-state index in [2.05, 4.69) is 10.1 Å². The van der Waals surface area contributed by atoms with Gasteiger partial charge in [0.1, 0.15) is 11.5 Å². The highest BCUT2D eigenvalue weighted by atomic mass is 32.1. The van der Waals surface area contributed by atoms with E-state index in [4.69, 9.17) is 0 Å². The van der Waals surface area contributed by atoms with Crippen molar-refractivity contribution in [3.8, 4) is 21.9 Å². The number of phenolic OH excluding ortho intramolecular Hbond substituents is 1. The number of hydrogen-bond donors (Lipinski definition) is 2. The number of benzene rings is 1. The summed E-state index contributed by atoms with van der Waals surface area (Å²) >= 11 is 1.07. The Kier molecular flexibility index (Phi) is 4.84. The smallest absolute Gasteiger partial charge is 0.507 e. The van der Waals surface area contributed by atoms with Crippen LogP contribution in [0, 0.1) is 0 Å². The van der Waals surface area contributed by atoms with E-state index in [0.717, 1.165) is 29.5 Å². The molecule has 1 aromatic carbocycles. The monoisotopic (exact) mass is 345 g/mol. The van der Waals surface area contributed by atoms with Gasteiger partial charge in [-0.1, -0.05) is 0 Å². The van der Waals surface area contributed by atoms with Gasteiger partial charge in [0, 0.05) is 16.5 Å². The number of alkyl halides is 3. The summed E-state index contributed by atoms with van der Waals surface area (Å²) in [5.41, 5.74) is 0.167. The predicted octanol–water partition coefficient (Wildman–Crippen LogP) is 4.16. The van der Waals surface area contributed by atoms with Crippen LogP contribution in [0.3, 0.4) is 0 Å². The summed E-state index contributed by atoms with van der Waals surface area (Å²) in [6.07, 6.45) is -4.81. The first kappa shape index (κ1) is 17.1. The van der Waals surface area contributed by atoms with Crippen LogP contribution in [0.2, 0.25) is 0 Å². The number of carbonyl (C=O) groups excluding carboxylic acids is 1. The Hall–Kier alpha value is -2.22. The Labute approximate surface area is 134 Å². The lowest BCUT2D eigenvalue weighted by Crippen LogP contribution is -2.29. The topological polar surface area (TPSA) is 58.6 Å². The second-order valence-corrected chi connectivity index (χ2v) is 6.10. The van der Waals surface area contributed by atoms with Gasteiger partial charge in [-0.2, -0.15) is 0 Å². The molecule has 2 rings (SSSR count). The first-order chi connectivity index (χ1) is 10.7. The Bertz CT molecular complexity index is 710. The molecule has 0 fully saturated rings. The first-order valence-electron chi connectivity index (χ1n) is 6.65. The molecule has 0 saturated heterocycles. The van der Waals surface area contributed by atoms with E-state index in [1.807, 2.05) is 13.8 Å². The SMILES string of the molecule is CC(C)NC(=O)c1ccc(-c2cc(OC(F)(F)F)ccc2O)s1. The third-order valence-electron chi connectivity index (χ3n) is 2.72. The van der Waals surface area contributed by atoms with Gasteiger partial charge in [0.25, 0.3) is 5.91 Å². The van der Waals surface area contributed by atoms with Crippen LogP contribution in [0.25, 0.3) is 10.4 Å². The molecule has 0 aliphatic rings. The zero-order chi connectivity index (χ0) is 17.2. The highest BCUT2D eigenvalue weighted by Crippen LogP contribution is 2.38. The van der Waals surface area contributed by atoms with Crippen LogP contribution < -0.4 is 10.1 Å². The van der Waals surface area contributed by atoms with Crippen LogP contribution in [0.1, 0.15) is 23.5 Å². The summed E-state index contributed by atoms with van der Waals surface area (Å²) in [5, 5.41) is 12.6. The predicted molar refractivity (Wildman–Crippen MR) is 80.7 cm³/mol. The summed E-state index contributed by atoms with van der Waals surface area (Å²) in [6.45, 7) is 3.63.